The molecule has 2 saturated heterocycles. The van der Waals surface area contributed by atoms with Gasteiger partial charge in [0.25, 0.3) is 0 Å². The van der Waals surface area contributed by atoms with E-state index in [1.54, 1.807) is 24.2 Å². The van der Waals surface area contributed by atoms with Crippen molar-refractivity contribution in [3.63, 3.8) is 0 Å². The van der Waals surface area contributed by atoms with E-state index in [2.05, 4.69) is 37.4 Å². The monoisotopic (exact) mass is 364 g/mol. The first-order chi connectivity index (χ1) is 12.2. The zero-order valence-corrected chi connectivity index (χ0v) is 15.6. The second kappa shape index (κ2) is 8.71. The molecule has 8 heteroatoms. The molecule has 1 aromatic rings. The molecule has 2 atom stereocenters. The molecule has 138 valence electrons. The van der Waals surface area contributed by atoms with E-state index in [4.69, 9.17) is 0 Å². The largest absolute Gasteiger partial charge is 0.387 e. The minimum Gasteiger partial charge on any atom is -0.387 e. The van der Waals surface area contributed by atoms with Crippen molar-refractivity contribution in [1.29, 1.82) is 0 Å². The molecular formula is C17H28N6OS. The van der Waals surface area contributed by atoms with Crippen molar-refractivity contribution in [3.05, 3.63) is 18.5 Å². The van der Waals surface area contributed by atoms with Crippen molar-refractivity contribution < 1.29 is 5.11 Å². The molecule has 1 aromatic heterocycles. The fourth-order valence-electron chi connectivity index (χ4n) is 3.19. The van der Waals surface area contributed by atoms with Crippen LogP contribution in [-0.4, -0.2) is 70.4 Å². The number of anilines is 1. The number of guanidine groups is 1. The molecule has 0 aliphatic carbocycles. The predicted molar refractivity (Wildman–Crippen MR) is 103 cm³/mol. The minimum atomic E-state index is -0.649. The van der Waals surface area contributed by atoms with Crippen LogP contribution in [0.15, 0.2) is 23.5 Å². The molecule has 2 aliphatic rings. The Labute approximate surface area is 153 Å². The van der Waals surface area contributed by atoms with Crippen LogP contribution in [0.2, 0.25) is 0 Å². The van der Waals surface area contributed by atoms with Crippen LogP contribution in [0.5, 0.6) is 0 Å². The Balaban J connectivity index is 1.59. The van der Waals surface area contributed by atoms with Crippen LogP contribution >= 0.6 is 11.8 Å². The van der Waals surface area contributed by atoms with Crippen LogP contribution < -0.4 is 15.5 Å². The molecule has 25 heavy (non-hydrogen) atoms. The smallest absolute Gasteiger partial charge is 0.225 e. The summed E-state index contributed by atoms with van der Waals surface area (Å²) in [5.41, 5.74) is -0.649. The summed E-state index contributed by atoms with van der Waals surface area (Å²) in [5.74, 6) is 3.37. The van der Waals surface area contributed by atoms with Gasteiger partial charge in [-0.05, 0) is 38.0 Å². The van der Waals surface area contributed by atoms with E-state index in [1.165, 1.54) is 0 Å². The molecule has 0 spiro atoms. The van der Waals surface area contributed by atoms with Crippen LogP contribution in [0.25, 0.3) is 0 Å². The molecule has 3 heterocycles. The van der Waals surface area contributed by atoms with Gasteiger partial charge in [-0.25, -0.2) is 9.97 Å². The molecule has 2 fully saturated rings. The summed E-state index contributed by atoms with van der Waals surface area (Å²) in [6.07, 6.45) is 6.57. The maximum atomic E-state index is 10.5. The summed E-state index contributed by atoms with van der Waals surface area (Å²) in [4.78, 5) is 15.6. The highest BCUT2D eigenvalue weighted by Crippen LogP contribution is 2.27. The van der Waals surface area contributed by atoms with Gasteiger partial charge in [0.1, 0.15) is 0 Å². The van der Waals surface area contributed by atoms with E-state index >= 15 is 0 Å². The third-order valence-corrected chi connectivity index (χ3v) is 5.79. The van der Waals surface area contributed by atoms with Crippen molar-refractivity contribution >= 4 is 23.7 Å². The molecule has 2 aliphatic heterocycles. The first-order valence-corrected chi connectivity index (χ1v) is 10.2. The third kappa shape index (κ3) is 5.22. The van der Waals surface area contributed by atoms with Crippen LogP contribution in [-0.2, 0) is 0 Å². The first-order valence-electron chi connectivity index (χ1n) is 9.05. The van der Waals surface area contributed by atoms with E-state index in [0.29, 0.717) is 12.6 Å². The molecule has 3 rings (SSSR count). The molecule has 0 radical (unpaired) electrons. The number of hydrogen-bond acceptors (Lipinski definition) is 6. The standard InChI is InChI=1S/C17H28N6OS/c1-2-18-15(21-12-17(24)6-10-25-13-17)22-14-5-3-9-23(11-14)16-19-7-4-8-20-16/h4,7-8,14,24H,2-3,5-6,9-13H2,1H3,(H2,18,21,22). The quantitative estimate of drug-likeness (QED) is 0.528. The molecule has 7 nitrogen and oxygen atoms in total. The Hall–Kier alpha value is -1.54. The van der Waals surface area contributed by atoms with Crippen molar-refractivity contribution in [2.75, 3.05) is 42.6 Å². The zero-order valence-electron chi connectivity index (χ0n) is 14.8. The van der Waals surface area contributed by atoms with Crippen molar-refractivity contribution in [3.8, 4) is 0 Å². The summed E-state index contributed by atoms with van der Waals surface area (Å²) in [6, 6.07) is 2.13. The number of aliphatic imine (C=N–C) groups is 1. The Morgan fingerprint density at radius 3 is 3.04 bits per heavy atom. The summed E-state index contributed by atoms with van der Waals surface area (Å²) >= 11 is 1.80. The van der Waals surface area contributed by atoms with Gasteiger partial charge in [0, 0.05) is 43.8 Å². The number of hydrogen-bond donors (Lipinski definition) is 3. The first kappa shape index (κ1) is 18.3. The SMILES string of the molecule is CCNC(=NCC1(O)CCSC1)NC1CCCN(c2ncccn2)C1. The van der Waals surface area contributed by atoms with Gasteiger partial charge in [-0.15, -0.1) is 0 Å². The van der Waals surface area contributed by atoms with Gasteiger partial charge < -0.3 is 20.6 Å². The molecule has 0 bridgehead atoms. The Bertz CT molecular complexity index is 564. The lowest BCUT2D eigenvalue weighted by atomic mass is 10.0. The van der Waals surface area contributed by atoms with Crippen LogP contribution in [0, 0.1) is 0 Å². The van der Waals surface area contributed by atoms with Crippen LogP contribution in [0.3, 0.4) is 0 Å². The fourth-order valence-corrected chi connectivity index (χ4v) is 4.48. The Kier molecular flexibility index (Phi) is 6.36. The molecule has 0 saturated carbocycles. The average Bonchev–Trinajstić information content (AvgIpc) is 3.08. The number of thioether (sulfide) groups is 1. The van der Waals surface area contributed by atoms with Gasteiger partial charge in [0.15, 0.2) is 5.96 Å². The number of aromatic nitrogens is 2. The lowest BCUT2D eigenvalue weighted by molar-refractivity contribution is 0.0778. The van der Waals surface area contributed by atoms with Crippen LogP contribution in [0.1, 0.15) is 26.2 Å². The molecule has 0 amide bonds. The molecule has 3 N–H and O–H groups in total. The number of piperidine rings is 1. The van der Waals surface area contributed by atoms with E-state index in [9.17, 15) is 5.11 Å². The van der Waals surface area contributed by atoms with Gasteiger partial charge in [-0.1, -0.05) is 0 Å². The predicted octanol–water partition coefficient (Wildman–Crippen LogP) is 0.868. The van der Waals surface area contributed by atoms with E-state index < -0.39 is 5.60 Å². The summed E-state index contributed by atoms with van der Waals surface area (Å²) in [5, 5.41) is 17.3. The van der Waals surface area contributed by atoms with E-state index in [-0.39, 0.29) is 0 Å². The van der Waals surface area contributed by atoms with Crippen molar-refractivity contribution in [1.82, 2.24) is 20.6 Å². The Morgan fingerprint density at radius 2 is 2.32 bits per heavy atom. The maximum Gasteiger partial charge on any atom is 0.225 e. The van der Waals surface area contributed by atoms with Crippen molar-refractivity contribution in [2.24, 2.45) is 4.99 Å². The van der Waals surface area contributed by atoms with Crippen molar-refractivity contribution in [2.45, 2.75) is 37.8 Å². The Morgan fingerprint density at radius 1 is 1.48 bits per heavy atom. The highest BCUT2D eigenvalue weighted by Gasteiger charge is 2.31. The lowest BCUT2D eigenvalue weighted by Crippen LogP contribution is -2.52. The van der Waals surface area contributed by atoms with Gasteiger partial charge in [-0.2, -0.15) is 11.8 Å². The summed E-state index contributed by atoms with van der Waals surface area (Å²) in [6.45, 7) is 5.15. The topological polar surface area (TPSA) is 85.7 Å². The minimum absolute atomic E-state index is 0.294. The second-order valence-corrected chi connectivity index (χ2v) is 7.81. The zero-order chi connectivity index (χ0) is 17.5. The number of nitrogens with one attached hydrogen (secondary N) is 2. The van der Waals surface area contributed by atoms with Crippen LogP contribution in [0.4, 0.5) is 5.95 Å². The normalized spacial score (nSPS) is 27.4. The molecular weight excluding hydrogens is 336 g/mol. The highest BCUT2D eigenvalue weighted by molar-refractivity contribution is 7.99. The van der Waals surface area contributed by atoms with Gasteiger partial charge in [0.2, 0.25) is 5.95 Å². The van der Waals surface area contributed by atoms with Gasteiger partial charge >= 0.3 is 0 Å². The lowest BCUT2D eigenvalue weighted by Gasteiger charge is -2.34. The van der Waals surface area contributed by atoms with Gasteiger partial charge in [0.05, 0.1) is 12.1 Å². The highest BCUT2D eigenvalue weighted by atomic mass is 32.2. The number of nitrogens with zero attached hydrogens (tertiary/aromatic N) is 4. The number of rotatable bonds is 5. The average molecular weight is 365 g/mol. The number of aliphatic hydroxyl groups is 1. The van der Waals surface area contributed by atoms with Gasteiger partial charge in [-0.3, -0.25) is 4.99 Å². The third-order valence-electron chi connectivity index (χ3n) is 4.56. The summed E-state index contributed by atoms with van der Waals surface area (Å²) in [7, 11) is 0. The fraction of sp³-hybridized carbons (Fsp3) is 0.706. The molecule has 2 unspecified atom stereocenters. The van der Waals surface area contributed by atoms with E-state index in [1.807, 2.05) is 6.07 Å². The molecule has 0 aromatic carbocycles. The van der Waals surface area contributed by atoms with E-state index in [0.717, 1.165) is 62.3 Å². The second-order valence-electron chi connectivity index (χ2n) is 6.70. The maximum absolute atomic E-state index is 10.5. The summed E-state index contributed by atoms with van der Waals surface area (Å²) < 4.78 is 0.